The standard InChI is InChI=1S/C26H29ClN2O5/c1-2-13-34-21-8-4-6-19(17-21)24(30)22-23(18-5-3-7-20(27)16-18)29(26(32)25(22)31)10-9-28-11-14-33-15-12-28/h3-8,16-17,23,30H,2,9-15H2,1H3. The van der Waals surface area contributed by atoms with Crippen LogP contribution in [0.15, 0.2) is 54.1 Å². The third kappa shape index (κ3) is 5.27. The SMILES string of the molecule is CCCOc1cccc(C(O)=C2C(=O)C(=O)N(CCN3CCOCC3)C2c2cccc(Cl)c2)c1. The molecule has 1 unspecified atom stereocenters. The van der Waals surface area contributed by atoms with Crippen LogP contribution in [-0.2, 0) is 14.3 Å². The smallest absolute Gasteiger partial charge is 0.295 e. The van der Waals surface area contributed by atoms with E-state index in [-0.39, 0.29) is 11.3 Å². The van der Waals surface area contributed by atoms with E-state index in [0.717, 1.165) is 19.5 Å². The monoisotopic (exact) mass is 484 g/mol. The first-order chi connectivity index (χ1) is 16.5. The number of halogens is 1. The highest BCUT2D eigenvalue weighted by atomic mass is 35.5. The van der Waals surface area contributed by atoms with Gasteiger partial charge in [-0.2, -0.15) is 0 Å². The van der Waals surface area contributed by atoms with Crippen LogP contribution >= 0.6 is 11.6 Å². The van der Waals surface area contributed by atoms with E-state index in [1.54, 1.807) is 42.5 Å². The molecule has 2 aromatic rings. The number of aliphatic hydroxyl groups is 1. The summed E-state index contributed by atoms with van der Waals surface area (Å²) in [7, 11) is 0. The molecule has 0 aromatic heterocycles. The molecule has 1 atom stereocenters. The van der Waals surface area contributed by atoms with Crippen molar-refractivity contribution in [2.75, 3.05) is 46.0 Å². The minimum Gasteiger partial charge on any atom is -0.507 e. The van der Waals surface area contributed by atoms with E-state index in [2.05, 4.69) is 4.90 Å². The van der Waals surface area contributed by atoms with Gasteiger partial charge in [0.15, 0.2) is 0 Å². The van der Waals surface area contributed by atoms with E-state index in [1.807, 2.05) is 13.0 Å². The largest absolute Gasteiger partial charge is 0.507 e. The molecule has 2 aliphatic rings. The first-order valence-electron chi connectivity index (χ1n) is 11.6. The molecule has 0 radical (unpaired) electrons. The van der Waals surface area contributed by atoms with Gasteiger partial charge in [-0.25, -0.2) is 0 Å². The fraction of sp³-hybridized carbons (Fsp3) is 0.385. The average molecular weight is 485 g/mol. The number of likely N-dealkylation sites (tertiary alicyclic amines) is 1. The summed E-state index contributed by atoms with van der Waals surface area (Å²) in [6.45, 7) is 6.34. The van der Waals surface area contributed by atoms with Gasteiger partial charge in [-0.1, -0.05) is 42.8 Å². The van der Waals surface area contributed by atoms with Gasteiger partial charge in [0, 0.05) is 36.8 Å². The van der Waals surface area contributed by atoms with E-state index in [4.69, 9.17) is 21.1 Å². The predicted molar refractivity (Wildman–Crippen MR) is 130 cm³/mol. The maximum Gasteiger partial charge on any atom is 0.295 e. The number of aliphatic hydroxyl groups excluding tert-OH is 1. The van der Waals surface area contributed by atoms with Crippen LogP contribution in [0.3, 0.4) is 0 Å². The number of Topliss-reactive ketones (excluding diaryl/α,β-unsaturated/α-hetero) is 1. The Labute approximate surface area is 204 Å². The Morgan fingerprint density at radius 3 is 2.62 bits per heavy atom. The predicted octanol–water partition coefficient (Wildman–Crippen LogP) is 3.88. The van der Waals surface area contributed by atoms with Crippen LogP contribution in [0.5, 0.6) is 5.75 Å². The van der Waals surface area contributed by atoms with Crippen molar-refractivity contribution < 1.29 is 24.2 Å². The summed E-state index contributed by atoms with van der Waals surface area (Å²) in [5, 5.41) is 11.8. The molecule has 1 N–H and O–H groups in total. The number of carbonyl (C=O) groups is 2. The second-order valence-corrected chi connectivity index (χ2v) is 8.81. The van der Waals surface area contributed by atoms with Crippen LogP contribution in [0.25, 0.3) is 5.76 Å². The van der Waals surface area contributed by atoms with Crippen LogP contribution in [0.2, 0.25) is 5.02 Å². The first kappa shape index (κ1) is 24.3. The number of rotatable bonds is 8. The van der Waals surface area contributed by atoms with Gasteiger partial charge in [-0.05, 0) is 36.2 Å². The summed E-state index contributed by atoms with van der Waals surface area (Å²) in [5.41, 5.74) is 1.15. The summed E-state index contributed by atoms with van der Waals surface area (Å²) in [5.74, 6) is -0.964. The zero-order valence-electron chi connectivity index (χ0n) is 19.2. The van der Waals surface area contributed by atoms with Crippen molar-refractivity contribution in [1.82, 2.24) is 9.80 Å². The van der Waals surface area contributed by atoms with Gasteiger partial charge in [0.1, 0.15) is 11.5 Å². The average Bonchev–Trinajstić information content (AvgIpc) is 3.11. The van der Waals surface area contributed by atoms with E-state index in [0.29, 0.717) is 54.8 Å². The topological polar surface area (TPSA) is 79.3 Å². The summed E-state index contributed by atoms with van der Waals surface area (Å²) in [6.07, 6.45) is 0.846. The van der Waals surface area contributed by atoms with Crippen molar-refractivity contribution in [3.05, 3.63) is 70.3 Å². The highest BCUT2D eigenvalue weighted by molar-refractivity contribution is 6.46. The Kier molecular flexibility index (Phi) is 7.88. The Balaban J connectivity index is 1.72. The molecular weight excluding hydrogens is 456 g/mol. The second kappa shape index (κ2) is 11.0. The Morgan fingerprint density at radius 1 is 1.12 bits per heavy atom. The molecule has 0 bridgehead atoms. The molecule has 180 valence electrons. The maximum absolute atomic E-state index is 13.2. The van der Waals surface area contributed by atoms with Gasteiger partial charge < -0.3 is 19.5 Å². The number of ketones is 1. The second-order valence-electron chi connectivity index (χ2n) is 8.38. The van der Waals surface area contributed by atoms with Crippen LogP contribution in [0, 0.1) is 0 Å². The number of hydrogen-bond donors (Lipinski definition) is 1. The Morgan fingerprint density at radius 2 is 1.88 bits per heavy atom. The molecule has 0 spiro atoms. The molecule has 2 saturated heterocycles. The number of ether oxygens (including phenoxy) is 2. The molecule has 8 heteroatoms. The van der Waals surface area contributed by atoms with Crippen molar-refractivity contribution in [1.29, 1.82) is 0 Å². The zero-order valence-corrected chi connectivity index (χ0v) is 20.0. The van der Waals surface area contributed by atoms with Crippen LogP contribution < -0.4 is 4.74 Å². The molecule has 2 heterocycles. The maximum atomic E-state index is 13.2. The van der Waals surface area contributed by atoms with Gasteiger partial charge in [0.25, 0.3) is 11.7 Å². The van der Waals surface area contributed by atoms with Gasteiger partial charge in [-0.15, -0.1) is 0 Å². The number of nitrogens with zero attached hydrogens (tertiary/aromatic N) is 2. The van der Waals surface area contributed by atoms with E-state index < -0.39 is 17.7 Å². The highest BCUT2D eigenvalue weighted by Crippen LogP contribution is 2.40. The lowest BCUT2D eigenvalue weighted by atomic mass is 9.95. The molecule has 2 aromatic carbocycles. The highest BCUT2D eigenvalue weighted by Gasteiger charge is 2.46. The molecule has 7 nitrogen and oxygen atoms in total. The van der Waals surface area contributed by atoms with Crippen LogP contribution in [0.4, 0.5) is 0 Å². The normalized spacial score (nSPS) is 20.6. The Bertz CT molecular complexity index is 1080. The van der Waals surface area contributed by atoms with Gasteiger partial charge in [0.2, 0.25) is 0 Å². The van der Waals surface area contributed by atoms with E-state index >= 15 is 0 Å². The number of morpholine rings is 1. The fourth-order valence-electron chi connectivity index (χ4n) is 4.32. The van der Waals surface area contributed by atoms with Gasteiger partial charge in [-0.3, -0.25) is 14.5 Å². The van der Waals surface area contributed by atoms with Crippen LogP contribution in [0.1, 0.15) is 30.5 Å². The molecule has 0 saturated carbocycles. The van der Waals surface area contributed by atoms with Gasteiger partial charge >= 0.3 is 0 Å². The molecular formula is C26H29ClN2O5. The quantitative estimate of drug-likeness (QED) is 0.348. The Hall–Kier alpha value is -2.87. The van der Waals surface area contributed by atoms with Crippen LogP contribution in [-0.4, -0.2) is 72.6 Å². The molecule has 0 aliphatic carbocycles. The minimum atomic E-state index is -0.736. The molecule has 2 fully saturated rings. The van der Waals surface area contributed by atoms with E-state index in [1.165, 1.54) is 4.90 Å². The summed E-state index contributed by atoms with van der Waals surface area (Å²) in [6, 6.07) is 13.3. The summed E-state index contributed by atoms with van der Waals surface area (Å²) >= 11 is 6.25. The minimum absolute atomic E-state index is 0.0573. The number of benzene rings is 2. The summed E-state index contributed by atoms with van der Waals surface area (Å²) in [4.78, 5) is 30.1. The van der Waals surface area contributed by atoms with Crippen molar-refractivity contribution >= 4 is 29.1 Å². The molecule has 4 rings (SSSR count). The van der Waals surface area contributed by atoms with Gasteiger partial charge in [0.05, 0.1) is 31.4 Å². The van der Waals surface area contributed by atoms with Crippen molar-refractivity contribution in [2.24, 2.45) is 0 Å². The molecule has 34 heavy (non-hydrogen) atoms. The third-order valence-corrected chi connectivity index (χ3v) is 6.28. The summed E-state index contributed by atoms with van der Waals surface area (Å²) < 4.78 is 11.1. The van der Waals surface area contributed by atoms with E-state index in [9.17, 15) is 14.7 Å². The lowest BCUT2D eigenvalue weighted by Crippen LogP contribution is -2.42. The number of amides is 1. The number of carbonyl (C=O) groups excluding carboxylic acids is 2. The van der Waals surface area contributed by atoms with Crippen molar-refractivity contribution in [3.63, 3.8) is 0 Å². The fourth-order valence-corrected chi connectivity index (χ4v) is 4.52. The lowest BCUT2D eigenvalue weighted by molar-refractivity contribution is -0.140. The molecule has 1 amide bonds. The molecule has 2 aliphatic heterocycles. The van der Waals surface area contributed by atoms with Crippen molar-refractivity contribution in [3.8, 4) is 5.75 Å². The lowest BCUT2D eigenvalue weighted by Gasteiger charge is -2.31. The third-order valence-electron chi connectivity index (χ3n) is 6.05. The zero-order chi connectivity index (χ0) is 24.1. The first-order valence-corrected chi connectivity index (χ1v) is 11.9. The number of hydrogen-bond acceptors (Lipinski definition) is 6. The van der Waals surface area contributed by atoms with Crippen molar-refractivity contribution in [2.45, 2.75) is 19.4 Å².